The van der Waals surface area contributed by atoms with E-state index in [1.807, 2.05) is 0 Å². The third-order valence-electron chi connectivity index (χ3n) is 3.49. The summed E-state index contributed by atoms with van der Waals surface area (Å²) in [5.41, 5.74) is 1.34. The molecule has 2 aromatic carbocycles. The number of hydrogen-bond donors (Lipinski definition) is 1. The van der Waals surface area contributed by atoms with Crippen molar-refractivity contribution >= 4 is 21.6 Å². The number of rotatable bonds is 8. The summed E-state index contributed by atoms with van der Waals surface area (Å²) in [5.74, 6) is 1.26. The van der Waals surface area contributed by atoms with Crippen LogP contribution in [0.15, 0.2) is 36.4 Å². The molecule has 0 saturated carbocycles. The van der Waals surface area contributed by atoms with Crippen molar-refractivity contribution in [3.05, 3.63) is 52.5 Å². The summed E-state index contributed by atoms with van der Waals surface area (Å²) in [6.45, 7) is 0.104. The first kappa shape index (κ1) is 19.4. The van der Waals surface area contributed by atoms with Crippen LogP contribution in [0.4, 0.5) is 0 Å². The first-order valence-corrected chi connectivity index (χ1v) is 9.42. The number of nitrogens with one attached hydrogen (secondary N) is 1. The van der Waals surface area contributed by atoms with Crippen LogP contribution in [0.1, 0.15) is 11.1 Å². The van der Waals surface area contributed by atoms with Crippen molar-refractivity contribution in [3.8, 4) is 17.2 Å². The lowest BCUT2D eigenvalue weighted by Crippen LogP contribution is -2.24. The van der Waals surface area contributed by atoms with E-state index in [0.29, 0.717) is 33.4 Å². The van der Waals surface area contributed by atoms with Crippen molar-refractivity contribution in [2.24, 2.45) is 0 Å². The van der Waals surface area contributed by atoms with E-state index in [9.17, 15) is 8.42 Å². The molecule has 0 aromatic heterocycles. The summed E-state index contributed by atoms with van der Waals surface area (Å²) in [6, 6.07) is 10.1. The lowest BCUT2D eigenvalue weighted by Gasteiger charge is -2.14. The second kappa shape index (κ2) is 8.42. The maximum atomic E-state index is 12.3. The van der Waals surface area contributed by atoms with Gasteiger partial charge in [0.1, 0.15) is 0 Å². The van der Waals surface area contributed by atoms with Gasteiger partial charge in [0, 0.05) is 11.6 Å². The normalized spacial score (nSPS) is 11.2. The van der Waals surface area contributed by atoms with E-state index in [1.54, 1.807) is 36.4 Å². The molecule has 0 radical (unpaired) electrons. The van der Waals surface area contributed by atoms with Crippen LogP contribution in [0.3, 0.4) is 0 Å². The highest BCUT2D eigenvalue weighted by Gasteiger charge is 2.16. The molecule has 0 aliphatic carbocycles. The molecule has 0 unspecified atom stereocenters. The van der Waals surface area contributed by atoms with Gasteiger partial charge in [0.15, 0.2) is 11.5 Å². The molecular formula is C17H20ClNO5S. The lowest BCUT2D eigenvalue weighted by molar-refractivity contribution is 0.323. The molecule has 1 N–H and O–H groups in total. The van der Waals surface area contributed by atoms with Crippen molar-refractivity contribution in [1.29, 1.82) is 0 Å². The molecule has 0 aliphatic rings. The van der Waals surface area contributed by atoms with Gasteiger partial charge in [-0.3, -0.25) is 0 Å². The molecule has 0 heterocycles. The van der Waals surface area contributed by atoms with Crippen LogP contribution in [0.25, 0.3) is 0 Å². The quantitative estimate of drug-likeness (QED) is 0.756. The molecule has 0 amide bonds. The largest absolute Gasteiger partial charge is 0.493 e. The molecule has 0 saturated heterocycles. The van der Waals surface area contributed by atoms with Gasteiger partial charge in [-0.1, -0.05) is 23.7 Å². The highest BCUT2D eigenvalue weighted by molar-refractivity contribution is 7.88. The fraction of sp³-hybridized carbons (Fsp3) is 0.294. The van der Waals surface area contributed by atoms with Gasteiger partial charge >= 0.3 is 0 Å². The van der Waals surface area contributed by atoms with E-state index in [4.69, 9.17) is 25.8 Å². The molecule has 6 nitrogen and oxygen atoms in total. The Morgan fingerprint density at radius 3 is 1.96 bits per heavy atom. The number of methoxy groups -OCH3 is 3. The van der Waals surface area contributed by atoms with Gasteiger partial charge < -0.3 is 14.2 Å². The molecule has 0 fully saturated rings. The minimum Gasteiger partial charge on any atom is -0.493 e. The van der Waals surface area contributed by atoms with Gasteiger partial charge in [-0.25, -0.2) is 13.1 Å². The lowest BCUT2D eigenvalue weighted by atomic mass is 10.2. The van der Waals surface area contributed by atoms with Crippen LogP contribution >= 0.6 is 11.6 Å². The Balaban J connectivity index is 2.12. The number of ether oxygens (including phenoxy) is 3. The van der Waals surface area contributed by atoms with Gasteiger partial charge in [0.2, 0.25) is 15.8 Å². The second-order valence-electron chi connectivity index (χ2n) is 5.24. The van der Waals surface area contributed by atoms with Crippen LogP contribution in [-0.2, 0) is 22.3 Å². The third kappa shape index (κ3) is 5.26. The predicted octanol–water partition coefficient (Wildman–Crippen LogP) is 2.99. The molecule has 0 atom stereocenters. The average molecular weight is 386 g/mol. The summed E-state index contributed by atoms with van der Waals surface area (Å²) in [6.07, 6.45) is 0. The fourth-order valence-electron chi connectivity index (χ4n) is 2.28. The smallest absolute Gasteiger partial charge is 0.216 e. The Labute approximate surface area is 152 Å². The zero-order chi connectivity index (χ0) is 18.4. The van der Waals surface area contributed by atoms with E-state index < -0.39 is 10.0 Å². The number of hydrogen-bond acceptors (Lipinski definition) is 5. The van der Waals surface area contributed by atoms with Crippen LogP contribution in [0.2, 0.25) is 5.02 Å². The molecule has 0 spiro atoms. The fourth-order valence-corrected chi connectivity index (χ4v) is 3.53. The first-order chi connectivity index (χ1) is 11.9. The highest BCUT2D eigenvalue weighted by Crippen LogP contribution is 2.38. The standard InChI is InChI=1S/C17H20ClNO5S/c1-22-15-8-13(9-16(23-2)17(15)24-3)10-19-25(20,21)11-12-4-6-14(18)7-5-12/h4-9,19H,10-11H2,1-3H3. The Morgan fingerprint density at radius 2 is 1.48 bits per heavy atom. The van der Waals surface area contributed by atoms with Gasteiger partial charge in [-0.05, 0) is 35.4 Å². The molecule has 0 bridgehead atoms. The zero-order valence-electron chi connectivity index (χ0n) is 14.2. The van der Waals surface area contributed by atoms with Crippen molar-refractivity contribution in [1.82, 2.24) is 4.72 Å². The molecule has 0 aliphatic heterocycles. The van der Waals surface area contributed by atoms with E-state index in [1.165, 1.54) is 21.3 Å². The molecule has 2 aromatic rings. The van der Waals surface area contributed by atoms with Crippen LogP contribution in [0.5, 0.6) is 17.2 Å². The summed E-state index contributed by atoms with van der Waals surface area (Å²) in [7, 11) is 1.01. The van der Waals surface area contributed by atoms with Crippen LogP contribution in [-0.4, -0.2) is 29.7 Å². The minimum atomic E-state index is -3.51. The number of benzene rings is 2. The molecule has 25 heavy (non-hydrogen) atoms. The Bertz CT molecular complexity index is 796. The maximum absolute atomic E-state index is 12.3. The van der Waals surface area contributed by atoms with E-state index in [-0.39, 0.29) is 12.3 Å². The molecule has 2 rings (SSSR count). The van der Waals surface area contributed by atoms with Gasteiger partial charge in [-0.15, -0.1) is 0 Å². The van der Waals surface area contributed by atoms with Crippen molar-refractivity contribution in [2.45, 2.75) is 12.3 Å². The molecule has 136 valence electrons. The second-order valence-corrected chi connectivity index (χ2v) is 7.48. The topological polar surface area (TPSA) is 73.9 Å². The first-order valence-electron chi connectivity index (χ1n) is 7.39. The Kier molecular flexibility index (Phi) is 6.52. The third-order valence-corrected chi connectivity index (χ3v) is 5.04. The summed E-state index contributed by atoms with van der Waals surface area (Å²) in [5, 5.41) is 0.562. The molecule has 8 heteroatoms. The van der Waals surface area contributed by atoms with Crippen molar-refractivity contribution < 1.29 is 22.6 Å². The van der Waals surface area contributed by atoms with Gasteiger partial charge in [-0.2, -0.15) is 0 Å². The van der Waals surface area contributed by atoms with E-state index in [0.717, 1.165) is 0 Å². The SMILES string of the molecule is COc1cc(CNS(=O)(=O)Cc2ccc(Cl)cc2)cc(OC)c1OC. The van der Waals surface area contributed by atoms with E-state index >= 15 is 0 Å². The van der Waals surface area contributed by atoms with Crippen molar-refractivity contribution in [3.63, 3.8) is 0 Å². The number of halogens is 1. The van der Waals surface area contributed by atoms with E-state index in [2.05, 4.69) is 4.72 Å². The van der Waals surface area contributed by atoms with Crippen LogP contribution < -0.4 is 18.9 Å². The highest BCUT2D eigenvalue weighted by atomic mass is 35.5. The summed E-state index contributed by atoms with van der Waals surface area (Å²) >= 11 is 5.81. The monoisotopic (exact) mass is 385 g/mol. The molecular weight excluding hydrogens is 366 g/mol. The van der Waals surface area contributed by atoms with Crippen LogP contribution in [0, 0.1) is 0 Å². The number of sulfonamides is 1. The zero-order valence-corrected chi connectivity index (χ0v) is 15.8. The van der Waals surface area contributed by atoms with Crippen molar-refractivity contribution in [2.75, 3.05) is 21.3 Å². The maximum Gasteiger partial charge on any atom is 0.216 e. The summed E-state index contributed by atoms with van der Waals surface area (Å²) < 4.78 is 42.9. The Hall–Kier alpha value is -1.96. The minimum absolute atomic E-state index is 0.104. The average Bonchev–Trinajstić information content (AvgIpc) is 2.60. The summed E-state index contributed by atoms with van der Waals surface area (Å²) in [4.78, 5) is 0. The Morgan fingerprint density at radius 1 is 0.920 bits per heavy atom. The van der Waals surface area contributed by atoms with Gasteiger partial charge in [0.25, 0.3) is 0 Å². The van der Waals surface area contributed by atoms with Gasteiger partial charge in [0.05, 0.1) is 27.1 Å². The predicted molar refractivity (Wildman–Crippen MR) is 97.0 cm³/mol.